The first kappa shape index (κ1) is 26.8. The maximum atomic E-state index is 13.6. The molecule has 0 spiro atoms. The van der Waals surface area contributed by atoms with Gasteiger partial charge in [0, 0.05) is 63.2 Å². The number of amides is 3. The van der Waals surface area contributed by atoms with Gasteiger partial charge >= 0.3 is 6.03 Å². The minimum Gasteiger partial charge on any atom is -0.464 e. The molecule has 1 aromatic heterocycles. The number of furan rings is 1. The molecule has 3 aromatic rings. The van der Waals surface area contributed by atoms with Crippen LogP contribution >= 0.6 is 23.2 Å². The van der Waals surface area contributed by atoms with E-state index in [9.17, 15) is 18.0 Å². The molecular formula is C26H28Cl2N4O5S. The van der Waals surface area contributed by atoms with Crippen LogP contribution in [0.1, 0.15) is 21.8 Å². The molecule has 0 saturated carbocycles. The smallest absolute Gasteiger partial charge is 0.320 e. The maximum absolute atomic E-state index is 13.6. The molecule has 2 saturated heterocycles. The summed E-state index contributed by atoms with van der Waals surface area (Å²) in [6, 6.07) is 12.0. The van der Waals surface area contributed by atoms with Gasteiger partial charge in [0.25, 0.3) is 5.91 Å². The van der Waals surface area contributed by atoms with Crippen LogP contribution in [0.4, 0.5) is 4.79 Å². The number of carbonyl (C=O) groups is 2. The molecule has 2 aliphatic heterocycles. The van der Waals surface area contributed by atoms with Crippen LogP contribution in [0.5, 0.6) is 0 Å². The van der Waals surface area contributed by atoms with Gasteiger partial charge in [-0.3, -0.25) is 4.79 Å². The SMILES string of the molecule is CN(C(=O)c1ccc2occc2c1)[C@@H]1CN(C(=O)N2CCN(S(C)(=O)=O)CC2)C[C@H]1c1ccc(Cl)c(Cl)c1. The average molecular weight is 580 g/mol. The first-order chi connectivity index (χ1) is 18.0. The highest BCUT2D eigenvalue weighted by molar-refractivity contribution is 7.88. The standard InChI is InChI=1S/C26H28Cl2N4O5S/c1-29(25(33)19-4-6-24-18(13-19)7-12-37-24)23-16-31(15-20(23)17-3-5-21(27)22(28)14-17)26(34)30-8-10-32(11-9-30)38(2,35)36/h3-7,12-14,20,23H,8-11,15-16H2,1-2H3/t20-,23+/m0/s1. The molecule has 3 amide bonds. The van der Waals surface area contributed by atoms with Crippen LogP contribution in [0.25, 0.3) is 11.0 Å². The van der Waals surface area contributed by atoms with Crippen molar-refractivity contribution in [3.63, 3.8) is 0 Å². The van der Waals surface area contributed by atoms with Crippen LogP contribution in [-0.4, -0.2) is 98.0 Å². The lowest BCUT2D eigenvalue weighted by molar-refractivity contribution is 0.0723. The first-order valence-electron chi connectivity index (χ1n) is 12.2. The van der Waals surface area contributed by atoms with Crippen molar-refractivity contribution in [3.8, 4) is 0 Å². The molecule has 202 valence electrons. The van der Waals surface area contributed by atoms with Crippen molar-refractivity contribution < 1.29 is 22.4 Å². The predicted octanol–water partition coefficient (Wildman–Crippen LogP) is 3.98. The molecule has 12 heteroatoms. The number of carbonyl (C=O) groups excluding carboxylic acids is 2. The Morgan fingerprint density at radius 3 is 2.37 bits per heavy atom. The van der Waals surface area contributed by atoms with Crippen LogP contribution in [-0.2, 0) is 10.0 Å². The van der Waals surface area contributed by atoms with Gasteiger partial charge in [0.15, 0.2) is 0 Å². The summed E-state index contributed by atoms with van der Waals surface area (Å²) >= 11 is 12.5. The summed E-state index contributed by atoms with van der Waals surface area (Å²) in [5, 5.41) is 1.67. The summed E-state index contributed by atoms with van der Waals surface area (Å²) in [5.41, 5.74) is 2.11. The molecule has 2 atom stereocenters. The second-order valence-corrected chi connectivity index (χ2v) is 12.6. The van der Waals surface area contributed by atoms with E-state index < -0.39 is 10.0 Å². The number of halogens is 2. The highest BCUT2D eigenvalue weighted by atomic mass is 35.5. The van der Waals surface area contributed by atoms with Crippen molar-refractivity contribution in [1.82, 2.24) is 19.0 Å². The Bertz CT molecular complexity index is 1490. The Hall–Kier alpha value is -2.79. The van der Waals surface area contributed by atoms with Gasteiger partial charge in [0.05, 0.1) is 28.6 Å². The number of nitrogens with zero attached hydrogens (tertiary/aromatic N) is 4. The van der Waals surface area contributed by atoms with Gasteiger partial charge in [-0.05, 0) is 42.0 Å². The van der Waals surface area contributed by atoms with E-state index in [1.54, 1.807) is 58.3 Å². The van der Waals surface area contributed by atoms with Crippen molar-refractivity contribution in [2.24, 2.45) is 0 Å². The van der Waals surface area contributed by atoms with E-state index >= 15 is 0 Å². The molecule has 0 radical (unpaired) electrons. The van der Waals surface area contributed by atoms with Gasteiger partial charge in [-0.15, -0.1) is 0 Å². The van der Waals surface area contributed by atoms with Gasteiger partial charge in [-0.1, -0.05) is 29.3 Å². The zero-order valence-corrected chi connectivity index (χ0v) is 23.3. The fraction of sp³-hybridized carbons (Fsp3) is 0.385. The summed E-state index contributed by atoms with van der Waals surface area (Å²) in [4.78, 5) is 32.2. The van der Waals surface area contributed by atoms with Crippen molar-refractivity contribution in [1.29, 1.82) is 0 Å². The van der Waals surface area contributed by atoms with E-state index in [1.807, 2.05) is 12.1 Å². The van der Waals surface area contributed by atoms with Crippen molar-refractivity contribution in [3.05, 3.63) is 69.9 Å². The number of piperazine rings is 1. The number of hydrogen-bond donors (Lipinski definition) is 0. The lowest BCUT2D eigenvalue weighted by Crippen LogP contribution is -2.53. The highest BCUT2D eigenvalue weighted by Gasteiger charge is 2.42. The number of likely N-dealkylation sites (tertiary alicyclic amines) is 1. The van der Waals surface area contributed by atoms with Crippen LogP contribution in [0.2, 0.25) is 10.0 Å². The maximum Gasteiger partial charge on any atom is 0.320 e. The molecule has 0 bridgehead atoms. The summed E-state index contributed by atoms with van der Waals surface area (Å²) in [6.07, 6.45) is 2.76. The monoisotopic (exact) mass is 578 g/mol. The van der Waals surface area contributed by atoms with E-state index in [0.717, 1.165) is 10.9 Å². The number of benzene rings is 2. The number of urea groups is 1. The summed E-state index contributed by atoms with van der Waals surface area (Å²) < 4.78 is 30.5. The topological polar surface area (TPSA) is 94.4 Å². The average Bonchev–Trinajstić information content (AvgIpc) is 3.55. The van der Waals surface area contributed by atoms with Crippen molar-refractivity contribution in [2.45, 2.75) is 12.0 Å². The Morgan fingerprint density at radius 2 is 1.68 bits per heavy atom. The second kappa shape index (κ2) is 10.4. The minimum atomic E-state index is -3.30. The molecular weight excluding hydrogens is 551 g/mol. The molecule has 2 aromatic carbocycles. The fourth-order valence-electron chi connectivity index (χ4n) is 5.27. The Morgan fingerprint density at radius 1 is 0.947 bits per heavy atom. The van der Waals surface area contributed by atoms with Crippen LogP contribution in [0.15, 0.2) is 53.1 Å². The van der Waals surface area contributed by atoms with Gasteiger partial charge in [0.1, 0.15) is 5.58 Å². The number of rotatable bonds is 4. The lowest BCUT2D eigenvalue weighted by atomic mass is 9.93. The molecule has 38 heavy (non-hydrogen) atoms. The number of fused-ring (bicyclic) bond motifs is 1. The molecule has 3 heterocycles. The zero-order chi connectivity index (χ0) is 27.2. The third kappa shape index (κ3) is 5.22. The summed E-state index contributed by atoms with van der Waals surface area (Å²) in [6.45, 7) is 1.84. The number of sulfonamides is 1. The van der Waals surface area contributed by atoms with E-state index in [1.165, 1.54) is 10.6 Å². The second-order valence-electron chi connectivity index (χ2n) is 9.77. The third-order valence-corrected chi connectivity index (χ3v) is 9.47. The molecule has 2 fully saturated rings. The van der Waals surface area contributed by atoms with E-state index in [4.69, 9.17) is 27.6 Å². The van der Waals surface area contributed by atoms with E-state index in [-0.39, 0.29) is 37.0 Å². The lowest BCUT2D eigenvalue weighted by Gasteiger charge is -2.35. The van der Waals surface area contributed by atoms with E-state index in [2.05, 4.69) is 0 Å². The Balaban J connectivity index is 1.39. The minimum absolute atomic E-state index is 0.167. The molecule has 0 N–H and O–H groups in total. The fourth-order valence-corrected chi connectivity index (χ4v) is 6.40. The number of hydrogen-bond acceptors (Lipinski definition) is 5. The van der Waals surface area contributed by atoms with Crippen molar-refractivity contribution >= 4 is 56.1 Å². The zero-order valence-electron chi connectivity index (χ0n) is 21.0. The molecule has 2 aliphatic rings. The third-order valence-electron chi connectivity index (χ3n) is 7.43. The quantitative estimate of drug-likeness (QED) is 0.466. The van der Waals surface area contributed by atoms with Crippen LogP contribution in [0.3, 0.4) is 0 Å². The first-order valence-corrected chi connectivity index (χ1v) is 14.8. The largest absolute Gasteiger partial charge is 0.464 e. The van der Waals surface area contributed by atoms with Gasteiger partial charge in [-0.2, -0.15) is 4.31 Å². The molecule has 0 aliphatic carbocycles. The van der Waals surface area contributed by atoms with Crippen molar-refractivity contribution in [2.75, 3.05) is 52.6 Å². The number of likely N-dealkylation sites (N-methyl/N-ethyl adjacent to an activating group) is 1. The highest BCUT2D eigenvalue weighted by Crippen LogP contribution is 2.35. The normalized spacial score (nSPS) is 20.7. The Labute approximate surface area is 231 Å². The molecule has 0 unspecified atom stereocenters. The summed E-state index contributed by atoms with van der Waals surface area (Å²) in [7, 11) is -1.56. The predicted molar refractivity (Wildman–Crippen MR) is 146 cm³/mol. The van der Waals surface area contributed by atoms with Gasteiger partial charge < -0.3 is 19.1 Å². The molecule has 5 rings (SSSR count). The van der Waals surface area contributed by atoms with Crippen LogP contribution in [0, 0.1) is 0 Å². The van der Waals surface area contributed by atoms with Gasteiger partial charge in [-0.25, -0.2) is 13.2 Å². The van der Waals surface area contributed by atoms with Gasteiger partial charge in [0.2, 0.25) is 10.0 Å². The summed E-state index contributed by atoms with van der Waals surface area (Å²) in [5.74, 6) is -0.364. The Kier molecular flexibility index (Phi) is 7.34. The van der Waals surface area contributed by atoms with E-state index in [0.29, 0.717) is 47.4 Å². The molecule has 9 nitrogen and oxygen atoms in total. The van der Waals surface area contributed by atoms with Crippen LogP contribution < -0.4 is 0 Å².